The SMILES string of the molecule is Cl.Nc1ncc(CCc2cn(CCc3ccsc3)nn2)[nH]1. The molecule has 0 unspecified atom stereocenters. The minimum atomic E-state index is 0. The molecule has 0 aromatic carbocycles. The fourth-order valence-electron chi connectivity index (χ4n) is 2.01. The molecule has 0 saturated heterocycles. The van der Waals surface area contributed by atoms with Crippen molar-refractivity contribution in [2.45, 2.75) is 25.8 Å². The molecule has 0 bridgehead atoms. The quantitative estimate of drug-likeness (QED) is 0.727. The Hall–Kier alpha value is -1.86. The van der Waals surface area contributed by atoms with Gasteiger partial charge in [-0.15, -0.1) is 17.5 Å². The Morgan fingerprint density at radius 2 is 2.19 bits per heavy atom. The monoisotopic (exact) mass is 324 g/mol. The molecule has 112 valence electrons. The smallest absolute Gasteiger partial charge is 0.197 e. The predicted molar refractivity (Wildman–Crippen MR) is 85.7 cm³/mol. The standard InChI is InChI=1S/C13H16N6S.ClH/c14-13-15-7-11(16-13)1-2-12-8-19(18-17-12)5-3-10-4-6-20-9-10;/h4,6-9H,1-3,5H2,(H3,14,15,16);1H. The van der Waals surface area contributed by atoms with Gasteiger partial charge in [0.2, 0.25) is 0 Å². The fraction of sp³-hybridized carbons (Fsp3) is 0.308. The van der Waals surface area contributed by atoms with E-state index in [4.69, 9.17) is 5.73 Å². The number of nitrogens with two attached hydrogens (primary N) is 1. The van der Waals surface area contributed by atoms with Gasteiger partial charge in [-0.3, -0.25) is 4.68 Å². The lowest BCUT2D eigenvalue weighted by Gasteiger charge is -1.97. The van der Waals surface area contributed by atoms with Crippen LogP contribution in [0.3, 0.4) is 0 Å². The molecule has 3 aromatic heterocycles. The molecule has 0 radical (unpaired) electrons. The summed E-state index contributed by atoms with van der Waals surface area (Å²) < 4.78 is 1.90. The molecule has 3 rings (SSSR count). The Labute approximate surface area is 132 Å². The zero-order chi connectivity index (χ0) is 13.8. The number of hydrogen-bond acceptors (Lipinski definition) is 5. The summed E-state index contributed by atoms with van der Waals surface area (Å²) in [7, 11) is 0. The molecule has 8 heteroatoms. The molecule has 0 aliphatic heterocycles. The van der Waals surface area contributed by atoms with Crippen molar-refractivity contribution < 1.29 is 0 Å². The lowest BCUT2D eigenvalue weighted by atomic mass is 10.2. The van der Waals surface area contributed by atoms with Gasteiger partial charge in [-0.05, 0) is 41.7 Å². The first-order valence-electron chi connectivity index (χ1n) is 6.49. The summed E-state index contributed by atoms with van der Waals surface area (Å²) >= 11 is 1.72. The van der Waals surface area contributed by atoms with E-state index in [1.807, 2.05) is 10.9 Å². The normalized spacial score (nSPS) is 10.5. The van der Waals surface area contributed by atoms with Crippen LogP contribution in [0.4, 0.5) is 5.95 Å². The van der Waals surface area contributed by atoms with Crippen LogP contribution in [-0.2, 0) is 25.8 Å². The van der Waals surface area contributed by atoms with Crippen LogP contribution >= 0.6 is 23.7 Å². The van der Waals surface area contributed by atoms with E-state index < -0.39 is 0 Å². The first kappa shape index (κ1) is 15.5. The average molecular weight is 325 g/mol. The van der Waals surface area contributed by atoms with E-state index in [1.54, 1.807) is 17.5 Å². The van der Waals surface area contributed by atoms with E-state index >= 15 is 0 Å². The van der Waals surface area contributed by atoms with Crippen LogP contribution in [-0.4, -0.2) is 25.0 Å². The molecule has 3 heterocycles. The number of nitrogens with zero attached hydrogens (tertiary/aromatic N) is 4. The van der Waals surface area contributed by atoms with E-state index in [1.165, 1.54) is 5.56 Å². The van der Waals surface area contributed by atoms with E-state index in [2.05, 4.69) is 37.1 Å². The maximum atomic E-state index is 5.54. The van der Waals surface area contributed by atoms with Crippen LogP contribution in [0.1, 0.15) is 17.0 Å². The van der Waals surface area contributed by atoms with Gasteiger partial charge in [0.15, 0.2) is 5.95 Å². The molecule has 0 atom stereocenters. The minimum Gasteiger partial charge on any atom is -0.369 e. The summed E-state index contributed by atoms with van der Waals surface area (Å²) in [5.41, 5.74) is 8.90. The first-order chi connectivity index (χ1) is 9.79. The van der Waals surface area contributed by atoms with Crippen molar-refractivity contribution in [3.05, 3.63) is 46.2 Å². The highest BCUT2D eigenvalue weighted by atomic mass is 35.5. The van der Waals surface area contributed by atoms with Gasteiger partial charge in [0.1, 0.15) is 0 Å². The molecule has 0 aliphatic carbocycles. The van der Waals surface area contributed by atoms with E-state index in [9.17, 15) is 0 Å². The third-order valence-corrected chi connectivity index (χ3v) is 3.83. The summed E-state index contributed by atoms with van der Waals surface area (Å²) in [5.74, 6) is 0.458. The number of thiophene rings is 1. The van der Waals surface area contributed by atoms with Crippen LogP contribution in [0.15, 0.2) is 29.2 Å². The topological polar surface area (TPSA) is 85.4 Å². The Morgan fingerprint density at radius 1 is 1.29 bits per heavy atom. The second-order valence-electron chi connectivity index (χ2n) is 4.65. The number of hydrogen-bond donors (Lipinski definition) is 2. The fourth-order valence-corrected chi connectivity index (χ4v) is 2.71. The largest absolute Gasteiger partial charge is 0.369 e. The molecular formula is C13H17ClN6S. The molecule has 0 spiro atoms. The van der Waals surface area contributed by atoms with Crippen LogP contribution in [0.25, 0.3) is 0 Å². The Morgan fingerprint density at radius 3 is 2.90 bits per heavy atom. The molecule has 0 aliphatic rings. The number of aryl methyl sites for hydroxylation is 4. The number of H-pyrrole nitrogens is 1. The van der Waals surface area contributed by atoms with Crippen LogP contribution in [0.2, 0.25) is 0 Å². The molecule has 0 fully saturated rings. The zero-order valence-electron chi connectivity index (χ0n) is 11.4. The number of aromatic nitrogens is 5. The second kappa shape index (κ2) is 7.24. The summed E-state index contributed by atoms with van der Waals surface area (Å²) in [4.78, 5) is 6.98. The number of imidazole rings is 1. The highest BCUT2D eigenvalue weighted by molar-refractivity contribution is 7.07. The molecule has 3 N–H and O–H groups in total. The van der Waals surface area contributed by atoms with Crippen molar-refractivity contribution in [1.29, 1.82) is 0 Å². The van der Waals surface area contributed by atoms with Crippen LogP contribution in [0, 0.1) is 0 Å². The Kier molecular flexibility index (Phi) is 5.35. The van der Waals surface area contributed by atoms with Gasteiger partial charge in [0.25, 0.3) is 0 Å². The van der Waals surface area contributed by atoms with E-state index in [0.717, 1.165) is 37.2 Å². The summed E-state index contributed by atoms with van der Waals surface area (Å²) in [5, 5.41) is 12.6. The van der Waals surface area contributed by atoms with Gasteiger partial charge >= 0.3 is 0 Å². The molecule has 6 nitrogen and oxygen atoms in total. The number of nitrogens with one attached hydrogen (secondary N) is 1. The second-order valence-corrected chi connectivity index (χ2v) is 5.43. The number of aromatic amines is 1. The van der Waals surface area contributed by atoms with Gasteiger partial charge in [0.05, 0.1) is 11.9 Å². The molecule has 21 heavy (non-hydrogen) atoms. The first-order valence-corrected chi connectivity index (χ1v) is 7.43. The minimum absolute atomic E-state index is 0. The van der Waals surface area contributed by atoms with Gasteiger partial charge in [-0.25, -0.2) is 4.98 Å². The van der Waals surface area contributed by atoms with Crippen molar-refractivity contribution in [2.24, 2.45) is 0 Å². The number of anilines is 1. The van der Waals surface area contributed by atoms with Crippen molar-refractivity contribution in [2.75, 3.05) is 5.73 Å². The summed E-state index contributed by atoms with van der Waals surface area (Å²) in [6, 6.07) is 2.14. The third-order valence-electron chi connectivity index (χ3n) is 3.09. The number of halogens is 1. The lowest BCUT2D eigenvalue weighted by molar-refractivity contribution is 0.589. The summed E-state index contributed by atoms with van der Waals surface area (Å²) in [6.07, 6.45) is 6.43. The molecular weight excluding hydrogens is 308 g/mol. The maximum absolute atomic E-state index is 5.54. The average Bonchev–Trinajstić information content (AvgIpc) is 3.16. The van der Waals surface area contributed by atoms with Gasteiger partial charge in [-0.2, -0.15) is 11.3 Å². The highest BCUT2D eigenvalue weighted by Gasteiger charge is 2.04. The van der Waals surface area contributed by atoms with Gasteiger partial charge in [0, 0.05) is 18.4 Å². The van der Waals surface area contributed by atoms with Gasteiger partial charge in [-0.1, -0.05) is 5.21 Å². The van der Waals surface area contributed by atoms with E-state index in [-0.39, 0.29) is 12.4 Å². The van der Waals surface area contributed by atoms with Crippen LogP contribution < -0.4 is 5.73 Å². The number of rotatable bonds is 6. The third kappa shape index (κ3) is 4.30. The van der Waals surface area contributed by atoms with Crippen molar-refractivity contribution in [3.8, 4) is 0 Å². The molecule has 0 amide bonds. The maximum Gasteiger partial charge on any atom is 0.197 e. The van der Waals surface area contributed by atoms with Crippen LogP contribution in [0.5, 0.6) is 0 Å². The van der Waals surface area contributed by atoms with Crippen molar-refractivity contribution in [3.63, 3.8) is 0 Å². The number of nitrogen functional groups attached to an aromatic ring is 1. The Bertz CT molecular complexity index is 660. The van der Waals surface area contributed by atoms with Crippen molar-refractivity contribution in [1.82, 2.24) is 25.0 Å². The zero-order valence-corrected chi connectivity index (χ0v) is 13.0. The van der Waals surface area contributed by atoms with Gasteiger partial charge < -0.3 is 10.7 Å². The lowest BCUT2D eigenvalue weighted by Crippen LogP contribution is -2.01. The van der Waals surface area contributed by atoms with Crippen molar-refractivity contribution >= 4 is 29.7 Å². The van der Waals surface area contributed by atoms with E-state index in [0.29, 0.717) is 5.95 Å². The molecule has 0 saturated carbocycles. The highest BCUT2D eigenvalue weighted by Crippen LogP contribution is 2.08. The Balaban J connectivity index is 0.00000161. The predicted octanol–water partition coefficient (Wildman–Crippen LogP) is 2.09. The molecule has 3 aromatic rings. The summed E-state index contributed by atoms with van der Waals surface area (Å²) in [6.45, 7) is 0.862.